The van der Waals surface area contributed by atoms with Gasteiger partial charge < -0.3 is 4.74 Å². The van der Waals surface area contributed by atoms with E-state index in [-0.39, 0.29) is 12.2 Å². The summed E-state index contributed by atoms with van der Waals surface area (Å²) in [4.78, 5) is 19.9. The fourth-order valence-electron chi connectivity index (χ4n) is 1.52. The highest BCUT2D eigenvalue weighted by Crippen LogP contribution is 2.23. The summed E-state index contributed by atoms with van der Waals surface area (Å²) in [7, 11) is 1.59. The fourth-order valence-corrected chi connectivity index (χ4v) is 1.91. The molecule has 92 valence electrons. The van der Waals surface area contributed by atoms with Crippen LogP contribution in [0.1, 0.15) is 16.1 Å². The minimum Gasteiger partial charge on any atom is -0.497 e. The number of ether oxygens (including phenoxy) is 1. The van der Waals surface area contributed by atoms with Gasteiger partial charge in [0.15, 0.2) is 5.78 Å². The maximum atomic E-state index is 12.0. The molecular formula is C13H11BrN2O2. The van der Waals surface area contributed by atoms with E-state index in [9.17, 15) is 4.79 Å². The summed E-state index contributed by atoms with van der Waals surface area (Å²) >= 11 is 3.42. The number of hydrogen-bond donors (Lipinski definition) is 0. The molecule has 0 radical (unpaired) electrons. The Balaban J connectivity index is 2.21. The summed E-state index contributed by atoms with van der Waals surface area (Å²) in [5.74, 6) is 0.650. The molecule has 0 saturated heterocycles. The van der Waals surface area contributed by atoms with Crippen LogP contribution in [0.2, 0.25) is 0 Å². The molecule has 0 atom stereocenters. The second-order valence-electron chi connectivity index (χ2n) is 3.65. The molecule has 1 aromatic carbocycles. The normalized spacial score (nSPS) is 10.1. The molecule has 0 unspecified atom stereocenters. The van der Waals surface area contributed by atoms with Gasteiger partial charge in [-0.25, -0.2) is 4.98 Å². The van der Waals surface area contributed by atoms with Gasteiger partial charge in [0, 0.05) is 23.3 Å². The van der Waals surface area contributed by atoms with Crippen LogP contribution in [0.5, 0.6) is 5.75 Å². The Labute approximate surface area is 113 Å². The molecule has 5 heteroatoms. The van der Waals surface area contributed by atoms with Gasteiger partial charge in [0.1, 0.15) is 11.4 Å². The molecule has 0 spiro atoms. The van der Waals surface area contributed by atoms with Crippen LogP contribution >= 0.6 is 15.9 Å². The van der Waals surface area contributed by atoms with Crippen LogP contribution in [0.15, 0.2) is 41.3 Å². The topological polar surface area (TPSA) is 52.1 Å². The predicted octanol–water partition coefficient (Wildman–Crippen LogP) is 2.67. The van der Waals surface area contributed by atoms with Gasteiger partial charge >= 0.3 is 0 Å². The van der Waals surface area contributed by atoms with E-state index in [2.05, 4.69) is 25.9 Å². The number of carbonyl (C=O) groups excluding carboxylic acids is 1. The van der Waals surface area contributed by atoms with E-state index < -0.39 is 0 Å². The third-order valence-electron chi connectivity index (χ3n) is 2.45. The maximum absolute atomic E-state index is 12.0. The van der Waals surface area contributed by atoms with Crippen molar-refractivity contribution in [2.75, 3.05) is 7.11 Å². The first-order valence-corrected chi connectivity index (χ1v) is 6.11. The van der Waals surface area contributed by atoms with Crippen molar-refractivity contribution in [3.05, 3.63) is 52.5 Å². The summed E-state index contributed by atoms with van der Waals surface area (Å²) in [6.45, 7) is 0. The molecule has 0 aliphatic carbocycles. The Morgan fingerprint density at radius 3 is 2.89 bits per heavy atom. The lowest BCUT2D eigenvalue weighted by molar-refractivity contribution is 0.0987. The first-order chi connectivity index (χ1) is 8.70. The third kappa shape index (κ3) is 2.92. The molecule has 0 saturated carbocycles. The third-order valence-corrected chi connectivity index (χ3v) is 3.23. The number of nitrogens with zero attached hydrogens (tertiary/aromatic N) is 2. The van der Waals surface area contributed by atoms with Crippen LogP contribution in [-0.4, -0.2) is 22.9 Å². The molecule has 0 aliphatic heterocycles. The highest BCUT2D eigenvalue weighted by molar-refractivity contribution is 9.10. The number of methoxy groups -OCH3 is 1. The first kappa shape index (κ1) is 12.7. The number of ketones is 1. The monoisotopic (exact) mass is 306 g/mol. The van der Waals surface area contributed by atoms with Crippen LogP contribution in [0.3, 0.4) is 0 Å². The van der Waals surface area contributed by atoms with E-state index in [1.165, 1.54) is 18.6 Å². The Morgan fingerprint density at radius 2 is 2.22 bits per heavy atom. The molecule has 0 N–H and O–H groups in total. The van der Waals surface area contributed by atoms with Gasteiger partial charge in [-0.05, 0) is 23.8 Å². The molecule has 2 rings (SSSR count). The van der Waals surface area contributed by atoms with Crippen molar-refractivity contribution in [1.82, 2.24) is 9.97 Å². The smallest absolute Gasteiger partial charge is 0.187 e. The van der Waals surface area contributed by atoms with Gasteiger partial charge in [-0.3, -0.25) is 9.78 Å². The first-order valence-electron chi connectivity index (χ1n) is 5.32. The fraction of sp³-hybridized carbons (Fsp3) is 0.154. The van der Waals surface area contributed by atoms with E-state index in [0.717, 1.165) is 15.8 Å². The van der Waals surface area contributed by atoms with Crippen molar-refractivity contribution < 1.29 is 9.53 Å². The maximum Gasteiger partial charge on any atom is 0.187 e. The number of halogens is 1. The molecule has 2 aromatic rings. The molecule has 1 heterocycles. The zero-order valence-corrected chi connectivity index (χ0v) is 11.3. The van der Waals surface area contributed by atoms with Gasteiger partial charge in [-0.1, -0.05) is 15.9 Å². The van der Waals surface area contributed by atoms with Gasteiger partial charge in [0.2, 0.25) is 0 Å². The van der Waals surface area contributed by atoms with Gasteiger partial charge in [0.25, 0.3) is 0 Å². The van der Waals surface area contributed by atoms with Crippen LogP contribution in [0.4, 0.5) is 0 Å². The lowest BCUT2D eigenvalue weighted by Gasteiger charge is -2.06. The largest absolute Gasteiger partial charge is 0.497 e. The van der Waals surface area contributed by atoms with Crippen molar-refractivity contribution in [2.24, 2.45) is 0 Å². The van der Waals surface area contributed by atoms with Crippen molar-refractivity contribution in [1.29, 1.82) is 0 Å². The molecule has 0 aliphatic rings. The number of aromatic nitrogens is 2. The standard InChI is InChI=1S/C13H11BrN2O2/c1-18-10-2-3-11(14)9(6-10)7-13(17)12-8-15-4-5-16-12/h2-6,8H,7H2,1H3. The Bertz CT molecular complexity index is 558. The molecule has 1 aromatic heterocycles. The van der Waals surface area contributed by atoms with E-state index in [4.69, 9.17) is 4.74 Å². The average molecular weight is 307 g/mol. The van der Waals surface area contributed by atoms with E-state index >= 15 is 0 Å². The molecule has 0 amide bonds. The number of Topliss-reactive ketones (excluding diaryl/α,β-unsaturated/α-hetero) is 1. The number of carbonyl (C=O) groups is 1. The number of benzene rings is 1. The molecule has 0 bridgehead atoms. The van der Waals surface area contributed by atoms with E-state index in [1.807, 2.05) is 18.2 Å². The molecule has 0 fully saturated rings. The van der Waals surface area contributed by atoms with Crippen LogP contribution < -0.4 is 4.74 Å². The predicted molar refractivity (Wildman–Crippen MR) is 70.8 cm³/mol. The number of rotatable bonds is 4. The van der Waals surface area contributed by atoms with Gasteiger partial charge in [0.05, 0.1) is 13.3 Å². The van der Waals surface area contributed by atoms with Crippen molar-refractivity contribution in [2.45, 2.75) is 6.42 Å². The minimum atomic E-state index is -0.0722. The molecule has 4 nitrogen and oxygen atoms in total. The highest BCUT2D eigenvalue weighted by atomic mass is 79.9. The second kappa shape index (κ2) is 5.73. The van der Waals surface area contributed by atoms with Gasteiger partial charge in [-0.15, -0.1) is 0 Å². The van der Waals surface area contributed by atoms with Crippen molar-refractivity contribution in [3.63, 3.8) is 0 Å². The summed E-state index contributed by atoms with van der Waals surface area (Å²) < 4.78 is 6.01. The quantitative estimate of drug-likeness (QED) is 0.815. The number of hydrogen-bond acceptors (Lipinski definition) is 4. The lowest BCUT2D eigenvalue weighted by atomic mass is 10.1. The summed E-state index contributed by atoms with van der Waals surface area (Å²) in [5.41, 5.74) is 1.23. The van der Waals surface area contributed by atoms with Crippen LogP contribution in [-0.2, 0) is 6.42 Å². The average Bonchev–Trinajstić information content (AvgIpc) is 2.42. The van der Waals surface area contributed by atoms with Crippen molar-refractivity contribution >= 4 is 21.7 Å². The zero-order chi connectivity index (χ0) is 13.0. The van der Waals surface area contributed by atoms with Gasteiger partial charge in [-0.2, -0.15) is 0 Å². The highest BCUT2D eigenvalue weighted by Gasteiger charge is 2.11. The zero-order valence-electron chi connectivity index (χ0n) is 9.76. The van der Waals surface area contributed by atoms with Crippen LogP contribution in [0.25, 0.3) is 0 Å². The summed E-state index contributed by atoms with van der Waals surface area (Å²) in [5, 5.41) is 0. The SMILES string of the molecule is COc1ccc(Br)c(CC(=O)c2cnccn2)c1. The summed E-state index contributed by atoms with van der Waals surface area (Å²) in [6.07, 6.45) is 4.78. The minimum absolute atomic E-state index is 0.0722. The van der Waals surface area contributed by atoms with Crippen molar-refractivity contribution in [3.8, 4) is 5.75 Å². The molecule has 18 heavy (non-hydrogen) atoms. The van der Waals surface area contributed by atoms with E-state index in [1.54, 1.807) is 7.11 Å². The van der Waals surface area contributed by atoms with E-state index in [0.29, 0.717) is 5.69 Å². The molecular weight excluding hydrogens is 296 g/mol. The summed E-state index contributed by atoms with van der Waals surface area (Å²) in [6, 6.07) is 5.52. The van der Waals surface area contributed by atoms with Crippen LogP contribution in [0, 0.1) is 0 Å². The lowest BCUT2D eigenvalue weighted by Crippen LogP contribution is -2.06. The Morgan fingerprint density at radius 1 is 1.39 bits per heavy atom. The Kier molecular flexibility index (Phi) is 4.04. The second-order valence-corrected chi connectivity index (χ2v) is 4.50. The Hall–Kier alpha value is -1.75.